The van der Waals surface area contributed by atoms with Crippen molar-refractivity contribution < 1.29 is 4.79 Å². The van der Waals surface area contributed by atoms with E-state index in [0.29, 0.717) is 22.7 Å². The van der Waals surface area contributed by atoms with Gasteiger partial charge in [0.25, 0.3) is 5.91 Å². The van der Waals surface area contributed by atoms with Gasteiger partial charge in [-0.05, 0) is 36.3 Å². The van der Waals surface area contributed by atoms with E-state index in [1.807, 2.05) is 0 Å². The summed E-state index contributed by atoms with van der Waals surface area (Å²) in [6.07, 6.45) is 3.98. The Labute approximate surface area is 107 Å². The van der Waals surface area contributed by atoms with Crippen LogP contribution in [0.4, 0.5) is 5.82 Å². The van der Waals surface area contributed by atoms with Crippen LogP contribution in [0.3, 0.4) is 0 Å². The normalized spacial score (nSPS) is 16.4. The molecule has 0 aromatic carbocycles. The fraction of sp³-hybridized carbons (Fsp3) is 0.538. The molecule has 1 aromatic rings. The summed E-state index contributed by atoms with van der Waals surface area (Å²) in [6.45, 7) is 5.17. The predicted octanol–water partition coefficient (Wildman–Crippen LogP) is 1.53. The number of anilines is 1. The SMILES string of the molecule is CC(C)C1(CNC(=O)c2ccnc(NN)c2)CC1. The Bertz CT molecular complexity index is 440. The van der Waals surface area contributed by atoms with Gasteiger partial charge in [0.2, 0.25) is 0 Å². The molecule has 1 heterocycles. The first-order chi connectivity index (χ1) is 8.57. The lowest BCUT2D eigenvalue weighted by Crippen LogP contribution is -2.32. The predicted molar refractivity (Wildman–Crippen MR) is 70.9 cm³/mol. The van der Waals surface area contributed by atoms with Crippen LogP contribution < -0.4 is 16.6 Å². The molecule has 1 amide bonds. The summed E-state index contributed by atoms with van der Waals surface area (Å²) in [5, 5.41) is 3.00. The maximum atomic E-state index is 12.0. The van der Waals surface area contributed by atoms with Gasteiger partial charge in [-0.2, -0.15) is 0 Å². The highest BCUT2D eigenvalue weighted by atomic mass is 16.1. The van der Waals surface area contributed by atoms with E-state index in [9.17, 15) is 4.79 Å². The van der Waals surface area contributed by atoms with Gasteiger partial charge in [0.1, 0.15) is 5.82 Å². The molecule has 5 heteroatoms. The van der Waals surface area contributed by atoms with Crippen LogP contribution >= 0.6 is 0 Å². The van der Waals surface area contributed by atoms with Crippen molar-refractivity contribution in [3.05, 3.63) is 23.9 Å². The minimum Gasteiger partial charge on any atom is -0.351 e. The third-order valence-electron chi connectivity index (χ3n) is 3.89. The zero-order valence-corrected chi connectivity index (χ0v) is 10.9. The fourth-order valence-electron chi connectivity index (χ4n) is 2.13. The largest absolute Gasteiger partial charge is 0.351 e. The molecule has 2 rings (SSSR count). The molecule has 18 heavy (non-hydrogen) atoms. The number of hydrogen-bond donors (Lipinski definition) is 3. The van der Waals surface area contributed by atoms with Gasteiger partial charge < -0.3 is 10.7 Å². The molecule has 1 aromatic heterocycles. The number of pyridine rings is 1. The monoisotopic (exact) mass is 248 g/mol. The van der Waals surface area contributed by atoms with Crippen LogP contribution in [0.25, 0.3) is 0 Å². The Kier molecular flexibility index (Phi) is 3.52. The van der Waals surface area contributed by atoms with Crippen LogP contribution in [-0.2, 0) is 0 Å². The molecule has 0 spiro atoms. The molecule has 0 bridgehead atoms. The molecular formula is C13H20N4O. The van der Waals surface area contributed by atoms with Crippen molar-refractivity contribution in [3.63, 3.8) is 0 Å². The average Bonchev–Trinajstić information content (AvgIpc) is 3.17. The van der Waals surface area contributed by atoms with Crippen molar-refractivity contribution in [1.29, 1.82) is 0 Å². The first kappa shape index (κ1) is 12.8. The molecule has 1 fully saturated rings. The quantitative estimate of drug-likeness (QED) is 0.545. The van der Waals surface area contributed by atoms with Crippen LogP contribution in [0.2, 0.25) is 0 Å². The Hall–Kier alpha value is -1.62. The smallest absolute Gasteiger partial charge is 0.251 e. The van der Waals surface area contributed by atoms with E-state index >= 15 is 0 Å². The van der Waals surface area contributed by atoms with E-state index in [-0.39, 0.29) is 5.91 Å². The Morgan fingerprint density at radius 3 is 2.83 bits per heavy atom. The highest BCUT2D eigenvalue weighted by Gasteiger charge is 2.45. The van der Waals surface area contributed by atoms with E-state index in [0.717, 1.165) is 6.54 Å². The minimum atomic E-state index is -0.0687. The van der Waals surface area contributed by atoms with E-state index in [4.69, 9.17) is 5.84 Å². The molecule has 1 aliphatic rings. The number of hydrazine groups is 1. The minimum absolute atomic E-state index is 0.0687. The molecule has 98 valence electrons. The third-order valence-corrected chi connectivity index (χ3v) is 3.89. The van der Waals surface area contributed by atoms with Crippen molar-refractivity contribution >= 4 is 11.7 Å². The zero-order chi connectivity index (χ0) is 13.2. The van der Waals surface area contributed by atoms with E-state index in [1.165, 1.54) is 12.8 Å². The lowest BCUT2D eigenvalue weighted by molar-refractivity contribution is 0.0939. The highest BCUT2D eigenvalue weighted by molar-refractivity contribution is 5.94. The van der Waals surface area contributed by atoms with Crippen molar-refractivity contribution in [2.45, 2.75) is 26.7 Å². The van der Waals surface area contributed by atoms with Gasteiger partial charge in [-0.1, -0.05) is 13.8 Å². The number of nitrogen functional groups attached to an aromatic ring is 1. The van der Waals surface area contributed by atoms with E-state index < -0.39 is 0 Å². The average molecular weight is 248 g/mol. The van der Waals surface area contributed by atoms with Gasteiger partial charge in [0.05, 0.1) is 0 Å². The third kappa shape index (κ3) is 2.61. The lowest BCUT2D eigenvalue weighted by Gasteiger charge is -2.20. The number of amides is 1. The number of nitrogens with two attached hydrogens (primary N) is 1. The highest BCUT2D eigenvalue weighted by Crippen LogP contribution is 2.51. The standard InChI is InChI=1S/C13H20N4O/c1-9(2)13(4-5-13)8-16-12(18)10-3-6-15-11(7-10)17-14/h3,6-7,9H,4-5,8,14H2,1-2H3,(H,15,17)(H,16,18). The van der Waals surface area contributed by atoms with Gasteiger partial charge in [0.15, 0.2) is 0 Å². The van der Waals surface area contributed by atoms with Crippen molar-refractivity contribution in [1.82, 2.24) is 10.3 Å². The molecule has 0 saturated heterocycles. The van der Waals surface area contributed by atoms with Crippen LogP contribution in [0.15, 0.2) is 18.3 Å². The van der Waals surface area contributed by atoms with Crippen LogP contribution in [0, 0.1) is 11.3 Å². The van der Waals surface area contributed by atoms with E-state index in [1.54, 1.807) is 18.3 Å². The second kappa shape index (κ2) is 4.94. The zero-order valence-electron chi connectivity index (χ0n) is 10.9. The summed E-state index contributed by atoms with van der Waals surface area (Å²) in [4.78, 5) is 16.0. The van der Waals surface area contributed by atoms with Gasteiger partial charge in [-0.3, -0.25) is 4.79 Å². The summed E-state index contributed by atoms with van der Waals surface area (Å²) in [5.74, 6) is 6.30. The maximum Gasteiger partial charge on any atom is 0.251 e. The van der Waals surface area contributed by atoms with Crippen molar-refractivity contribution in [2.75, 3.05) is 12.0 Å². The van der Waals surface area contributed by atoms with Crippen LogP contribution in [-0.4, -0.2) is 17.4 Å². The molecule has 0 radical (unpaired) electrons. The topological polar surface area (TPSA) is 80.0 Å². The van der Waals surface area contributed by atoms with Gasteiger partial charge >= 0.3 is 0 Å². The fourth-order valence-corrected chi connectivity index (χ4v) is 2.13. The number of aromatic nitrogens is 1. The Morgan fingerprint density at radius 1 is 1.56 bits per heavy atom. The summed E-state index contributed by atoms with van der Waals surface area (Å²) >= 11 is 0. The number of nitrogens with zero attached hydrogens (tertiary/aromatic N) is 1. The van der Waals surface area contributed by atoms with Crippen molar-refractivity contribution in [2.24, 2.45) is 17.2 Å². The number of carbonyl (C=O) groups excluding carboxylic acids is 1. The van der Waals surface area contributed by atoms with Gasteiger partial charge in [-0.25, -0.2) is 10.8 Å². The van der Waals surface area contributed by atoms with Gasteiger partial charge in [0, 0.05) is 18.3 Å². The van der Waals surface area contributed by atoms with Crippen LogP contribution in [0.5, 0.6) is 0 Å². The first-order valence-corrected chi connectivity index (χ1v) is 6.28. The number of nitrogens with one attached hydrogen (secondary N) is 2. The number of carbonyl (C=O) groups is 1. The molecule has 1 aliphatic carbocycles. The maximum absolute atomic E-state index is 12.0. The second-order valence-electron chi connectivity index (χ2n) is 5.27. The molecule has 0 atom stereocenters. The number of hydrogen-bond acceptors (Lipinski definition) is 4. The Balaban J connectivity index is 1.95. The van der Waals surface area contributed by atoms with Crippen LogP contribution in [0.1, 0.15) is 37.0 Å². The molecule has 5 nitrogen and oxygen atoms in total. The van der Waals surface area contributed by atoms with Gasteiger partial charge in [-0.15, -0.1) is 0 Å². The molecule has 0 aliphatic heterocycles. The second-order valence-corrected chi connectivity index (χ2v) is 5.27. The lowest BCUT2D eigenvalue weighted by atomic mass is 9.92. The van der Waals surface area contributed by atoms with E-state index in [2.05, 4.69) is 29.6 Å². The molecule has 0 unspecified atom stereocenters. The summed E-state index contributed by atoms with van der Waals surface area (Å²) in [6, 6.07) is 3.33. The van der Waals surface area contributed by atoms with Crippen molar-refractivity contribution in [3.8, 4) is 0 Å². The summed E-state index contributed by atoms with van der Waals surface area (Å²) in [7, 11) is 0. The molecule has 4 N–H and O–H groups in total. The molecular weight excluding hydrogens is 228 g/mol. The summed E-state index contributed by atoms with van der Waals surface area (Å²) < 4.78 is 0. The number of rotatable bonds is 5. The first-order valence-electron chi connectivity index (χ1n) is 6.28. The Morgan fingerprint density at radius 2 is 2.28 bits per heavy atom. The molecule has 1 saturated carbocycles. The summed E-state index contributed by atoms with van der Waals surface area (Å²) in [5.41, 5.74) is 3.33.